The molecule has 1 saturated heterocycles. The van der Waals surface area contributed by atoms with E-state index in [0.29, 0.717) is 11.6 Å². The first-order chi connectivity index (χ1) is 20.4. The Morgan fingerprint density at radius 1 is 0.930 bits per heavy atom. The van der Waals surface area contributed by atoms with Crippen LogP contribution in [0, 0.1) is 23.5 Å². The van der Waals surface area contributed by atoms with E-state index in [1.54, 1.807) is 19.1 Å². The SMILES string of the molecule is C[C@@H]1C[C@H](C(=O)Nc2ccc(Cl)c(C(F)(F)F)c2)C(c2ccc(NC3CCCC3)cc2)N(C(=O)c2c(F)cccc2F)C1. The van der Waals surface area contributed by atoms with Crippen LogP contribution in [-0.2, 0) is 11.0 Å². The number of rotatable bonds is 6. The third-order valence-electron chi connectivity index (χ3n) is 8.17. The molecular formula is C32H31ClF5N3O2. The molecular weight excluding hydrogens is 589 g/mol. The predicted octanol–water partition coefficient (Wildman–Crippen LogP) is 8.47. The van der Waals surface area contributed by atoms with Crippen molar-refractivity contribution in [3.63, 3.8) is 0 Å². The van der Waals surface area contributed by atoms with Crippen molar-refractivity contribution in [1.82, 2.24) is 4.90 Å². The van der Waals surface area contributed by atoms with Crippen molar-refractivity contribution in [2.45, 2.75) is 57.3 Å². The lowest BCUT2D eigenvalue weighted by Gasteiger charge is -2.43. The van der Waals surface area contributed by atoms with Crippen LogP contribution in [-0.4, -0.2) is 29.3 Å². The standard InChI is InChI=1S/C32H31ClF5N3O2/c1-18-15-23(30(42)40-22-13-14-25(33)24(16-22)32(36,37)38)29(19-9-11-21(12-10-19)39-20-5-2-3-6-20)41(17-18)31(43)28-26(34)7-4-8-27(28)35/h4,7-14,16,18,20,23,29,39H,2-3,5-6,15,17H2,1H3,(H,40,42)/t18-,23+,29?/m1/s1. The number of nitrogens with one attached hydrogen (secondary N) is 2. The molecule has 1 unspecified atom stereocenters. The van der Waals surface area contributed by atoms with E-state index < -0.39 is 57.7 Å². The van der Waals surface area contributed by atoms with E-state index in [1.807, 2.05) is 12.1 Å². The highest BCUT2D eigenvalue weighted by atomic mass is 35.5. The molecule has 3 aromatic carbocycles. The molecule has 0 radical (unpaired) electrons. The lowest BCUT2D eigenvalue weighted by Crippen LogP contribution is -2.49. The lowest BCUT2D eigenvalue weighted by atomic mass is 9.79. The maximum Gasteiger partial charge on any atom is 0.417 e. The number of halogens is 6. The number of nitrogens with zero attached hydrogens (tertiary/aromatic N) is 1. The van der Waals surface area contributed by atoms with Gasteiger partial charge in [-0.05, 0) is 73.2 Å². The lowest BCUT2D eigenvalue weighted by molar-refractivity contribution is -0.137. The molecule has 0 bridgehead atoms. The monoisotopic (exact) mass is 619 g/mol. The maximum absolute atomic E-state index is 14.8. The zero-order chi connectivity index (χ0) is 30.9. The summed E-state index contributed by atoms with van der Waals surface area (Å²) in [5.41, 5.74) is -0.528. The molecule has 2 amide bonds. The largest absolute Gasteiger partial charge is 0.417 e. The molecule has 5 rings (SSSR count). The van der Waals surface area contributed by atoms with Gasteiger partial charge in [-0.1, -0.05) is 49.6 Å². The quantitative estimate of drug-likeness (QED) is 0.272. The number of benzene rings is 3. The Bertz CT molecular complexity index is 1470. The Hall–Kier alpha value is -3.66. The fourth-order valence-electron chi connectivity index (χ4n) is 6.16. The second-order valence-corrected chi connectivity index (χ2v) is 11.8. The summed E-state index contributed by atoms with van der Waals surface area (Å²) in [4.78, 5) is 28.8. The Balaban J connectivity index is 1.51. The van der Waals surface area contributed by atoms with Gasteiger partial charge in [-0.2, -0.15) is 13.2 Å². The molecule has 11 heteroatoms. The van der Waals surface area contributed by atoms with Gasteiger partial charge in [0.1, 0.15) is 17.2 Å². The van der Waals surface area contributed by atoms with Crippen LogP contribution < -0.4 is 10.6 Å². The topological polar surface area (TPSA) is 61.4 Å². The molecule has 3 atom stereocenters. The number of anilines is 2. The summed E-state index contributed by atoms with van der Waals surface area (Å²) in [5, 5.41) is 5.53. The molecule has 228 valence electrons. The fraction of sp³-hybridized carbons (Fsp3) is 0.375. The number of amides is 2. The zero-order valence-corrected chi connectivity index (χ0v) is 24.1. The fourth-order valence-corrected chi connectivity index (χ4v) is 6.38. The molecule has 0 spiro atoms. The van der Waals surface area contributed by atoms with Crippen molar-refractivity contribution >= 4 is 34.8 Å². The molecule has 2 aliphatic rings. The van der Waals surface area contributed by atoms with Crippen LogP contribution in [0.5, 0.6) is 0 Å². The van der Waals surface area contributed by atoms with E-state index >= 15 is 0 Å². The van der Waals surface area contributed by atoms with Crippen LogP contribution in [0.25, 0.3) is 0 Å². The first-order valence-corrected chi connectivity index (χ1v) is 14.6. The highest BCUT2D eigenvalue weighted by Gasteiger charge is 2.43. The summed E-state index contributed by atoms with van der Waals surface area (Å²) in [6.45, 7) is 1.91. The Labute approximate surface area is 251 Å². The van der Waals surface area contributed by atoms with Crippen molar-refractivity contribution in [2.24, 2.45) is 11.8 Å². The third-order valence-corrected chi connectivity index (χ3v) is 8.50. The van der Waals surface area contributed by atoms with Crippen LogP contribution in [0.2, 0.25) is 5.02 Å². The van der Waals surface area contributed by atoms with E-state index in [2.05, 4.69) is 10.6 Å². The van der Waals surface area contributed by atoms with Crippen LogP contribution in [0.15, 0.2) is 60.7 Å². The number of piperidine rings is 1. The molecule has 1 aliphatic carbocycles. The van der Waals surface area contributed by atoms with Crippen molar-refractivity contribution in [1.29, 1.82) is 0 Å². The van der Waals surface area contributed by atoms with Gasteiger partial charge in [0.25, 0.3) is 5.91 Å². The third kappa shape index (κ3) is 6.79. The van der Waals surface area contributed by atoms with Gasteiger partial charge >= 0.3 is 6.18 Å². The van der Waals surface area contributed by atoms with Gasteiger partial charge in [0.15, 0.2) is 0 Å². The minimum Gasteiger partial charge on any atom is -0.382 e. The molecule has 0 aromatic heterocycles. The highest BCUT2D eigenvalue weighted by Crippen LogP contribution is 2.42. The summed E-state index contributed by atoms with van der Waals surface area (Å²) in [5.74, 6) is -4.80. The minimum atomic E-state index is -4.74. The number of hydrogen-bond donors (Lipinski definition) is 2. The molecule has 1 heterocycles. The van der Waals surface area contributed by atoms with Crippen LogP contribution in [0.4, 0.5) is 33.3 Å². The predicted molar refractivity (Wildman–Crippen MR) is 155 cm³/mol. The van der Waals surface area contributed by atoms with Gasteiger partial charge in [0.05, 0.1) is 22.5 Å². The molecule has 5 nitrogen and oxygen atoms in total. The van der Waals surface area contributed by atoms with Crippen molar-refractivity contribution in [3.05, 3.63) is 94.0 Å². The second-order valence-electron chi connectivity index (χ2n) is 11.4. The maximum atomic E-state index is 14.8. The number of carbonyl (C=O) groups is 2. The van der Waals surface area contributed by atoms with Gasteiger partial charge < -0.3 is 15.5 Å². The van der Waals surface area contributed by atoms with E-state index in [9.17, 15) is 31.5 Å². The summed E-state index contributed by atoms with van der Waals surface area (Å²) in [7, 11) is 0. The van der Waals surface area contributed by atoms with Crippen molar-refractivity contribution < 1.29 is 31.5 Å². The molecule has 2 N–H and O–H groups in total. The normalized spacial score (nSPS) is 21.1. The van der Waals surface area contributed by atoms with Crippen LogP contribution in [0.3, 0.4) is 0 Å². The summed E-state index contributed by atoms with van der Waals surface area (Å²) in [6.07, 6.45) is -0.0462. The van der Waals surface area contributed by atoms with Crippen LogP contribution >= 0.6 is 11.6 Å². The van der Waals surface area contributed by atoms with Gasteiger partial charge in [-0.3, -0.25) is 9.59 Å². The van der Waals surface area contributed by atoms with Crippen LogP contribution in [0.1, 0.15) is 66.6 Å². The van der Waals surface area contributed by atoms with Gasteiger partial charge in [-0.15, -0.1) is 0 Å². The minimum absolute atomic E-state index is 0.113. The average molecular weight is 620 g/mol. The highest BCUT2D eigenvalue weighted by molar-refractivity contribution is 6.31. The molecule has 1 aliphatic heterocycles. The number of carbonyl (C=O) groups excluding carboxylic acids is 2. The van der Waals surface area contributed by atoms with Gasteiger partial charge in [0, 0.05) is 24.0 Å². The Morgan fingerprint density at radius 3 is 2.19 bits per heavy atom. The number of hydrogen-bond acceptors (Lipinski definition) is 3. The molecule has 3 aromatic rings. The summed E-state index contributed by atoms with van der Waals surface area (Å²) in [6, 6.07) is 12.8. The summed E-state index contributed by atoms with van der Waals surface area (Å²) < 4.78 is 69.9. The smallest absolute Gasteiger partial charge is 0.382 e. The zero-order valence-electron chi connectivity index (χ0n) is 23.4. The Morgan fingerprint density at radius 2 is 1.56 bits per heavy atom. The first-order valence-electron chi connectivity index (χ1n) is 14.2. The Kier molecular flexibility index (Phi) is 8.96. The molecule has 1 saturated carbocycles. The van der Waals surface area contributed by atoms with E-state index in [1.165, 1.54) is 11.0 Å². The molecule has 2 fully saturated rings. The number of alkyl halides is 3. The molecule has 43 heavy (non-hydrogen) atoms. The van der Waals surface area contributed by atoms with E-state index in [0.717, 1.165) is 61.7 Å². The second kappa shape index (κ2) is 12.5. The first kappa shape index (κ1) is 30.8. The van der Waals surface area contributed by atoms with Crippen molar-refractivity contribution in [2.75, 3.05) is 17.2 Å². The van der Waals surface area contributed by atoms with Crippen molar-refractivity contribution in [3.8, 4) is 0 Å². The number of likely N-dealkylation sites (tertiary alicyclic amines) is 1. The average Bonchev–Trinajstić information content (AvgIpc) is 3.46. The van der Waals surface area contributed by atoms with E-state index in [4.69, 9.17) is 11.6 Å². The van der Waals surface area contributed by atoms with E-state index in [-0.39, 0.29) is 24.6 Å². The summed E-state index contributed by atoms with van der Waals surface area (Å²) >= 11 is 5.75. The van der Waals surface area contributed by atoms with Gasteiger partial charge in [0.2, 0.25) is 5.91 Å². The van der Waals surface area contributed by atoms with Gasteiger partial charge in [-0.25, -0.2) is 8.78 Å².